The van der Waals surface area contributed by atoms with Crippen LogP contribution in [-0.2, 0) is 0 Å². The van der Waals surface area contributed by atoms with Crippen LogP contribution in [0.3, 0.4) is 0 Å². The third-order valence-electron chi connectivity index (χ3n) is 1.21. The molecule has 3 heteroatoms. The maximum absolute atomic E-state index is 3.13. The van der Waals surface area contributed by atoms with Gasteiger partial charge in [-0.2, -0.15) is 11.8 Å². The molecule has 0 aliphatic carbocycles. The van der Waals surface area contributed by atoms with Crippen LogP contribution in [0.25, 0.3) is 0 Å². The predicted molar refractivity (Wildman–Crippen MR) is 49.8 cm³/mol. The van der Waals surface area contributed by atoms with E-state index < -0.39 is 0 Å². The summed E-state index contributed by atoms with van der Waals surface area (Å²) in [7, 11) is 3.99. The van der Waals surface area contributed by atoms with E-state index in [4.69, 9.17) is 0 Å². The Morgan fingerprint density at radius 3 is 2.30 bits per heavy atom. The minimum Gasteiger partial charge on any atom is -0.320 e. The largest absolute Gasteiger partial charge is 0.320 e. The Bertz CT molecular complexity index is 51.6. The molecule has 0 aromatic heterocycles. The minimum atomic E-state index is 1.13. The van der Waals surface area contributed by atoms with Crippen LogP contribution in [0.5, 0.6) is 0 Å². The van der Waals surface area contributed by atoms with Crippen molar-refractivity contribution >= 4 is 11.8 Å². The van der Waals surface area contributed by atoms with Crippen molar-refractivity contribution in [3.05, 3.63) is 0 Å². The molecule has 62 valence electrons. The first-order chi connectivity index (χ1) is 4.91. The number of hydrogen-bond donors (Lipinski definition) is 2. The normalized spacial score (nSPS) is 10.2. The zero-order valence-corrected chi connectivity index (χ0v) is 7.76. The van der Waals surface area contributed by atoms with Crippen molar-refractivity contribution in [2.24, 2.45) is 0 Å². The van der Waals surface area contributed by atoms with Gasteiger partial charge in [0.2, 0.25) is 0 Å². The van der Waals surface area contributed by atoms with E-state index in [1.807, 2.05) is 25.9 Å². The van der Waals surface area contributed by atoms with Crippen LogP contribution in [0.4, 0.5) is 0 Å². The van der Waals surface area contributed by atoms with Crippen LogP contribution in [0.15, 0.2) is 0 Å². The highest BCUT2D eigenvalue weighted by Crippen LogP contribution is 1.99. The van der Waals surface area contributed by atoms with Gasteiger partial charge in [-0.25, -0.2) is 0 Å². The van der Waals surface area contributed by atoms with Crippen molar-refractivity contribution in [2.75, 3.05) is 38.7 Å². The number of rotatable bonds is 7. The second kappa shape index (κ2) is 9.27. The van der Waals surface area contributed by atoms with Crippen molar-refractivity contribution in [1.29, 1.82) is 0 Å². The zero-order chi connectivity index (χ0) is 7.66. The van der Waals surface area contributed by atoms with Gasteiger partial charge in [-0.15, -0.1) is 0 Å². The summed E-state index contributed by atoms with van der Waals surface area (Å²) in [6.07, 6.45) is 1.28. The maximum atomic E-state index is 3.13. The van der Waals surface area contributed by atoms with E-state index in [9.17, 15) is 0 Å². The Morgan fingerprint density at radius 2 is 1.70 bits per heavy atom. The second-order valence-electron chi connectivity index (χ2n) is 2.17. The smallest absolute Gasteiger partial charge is 0.00579 e. The highest BCUT2D eigenvalue weighted by atomic mass is 32.2. The Morgan fingerprint density at radius 1 is 1.00 bits per heavy atom. The monoisotopic (exact) mass is 162 g/mol. The van der Waals surface area contributed by atoms with Crippen LogP contribution in [0, 0.1) is 0 Å². The van der Waals surface area contributed by atoms with Crippen LogP contribution in [0.1, 0.15) is 6.42 Å². The average Bonchev–Trinajstić information content (AvgIpc) is 1.97. The molecule has 0 aromatic carbocycles. The summed E-state index contributed by atoms with van der Waals surface area (Å²) in [6, 6.07) is 0. The lowest BCUT2D eigenvalue weighted by molar-refractivity contribution is 0.777. The molecule has 0 aromatic rings. The van der Waals surface area contributed by atoms with Crippen LogP contribution in [-0.4, -0.2) is 38.7 Å². The summed E-state index contributed by atoms with van der Waals surface area (Å²) in [5.41, 5.74) is 0. The molecule has 0 unspecified atom stereocenters. The second-order valence-corrected chi connectivity index (χ2v) is 3.40. The van der Waals surface area contributed by atoms with Crippen molar-refractivity contribution in [2.45, 2.75) is 6.42 Å². The van der Waals surface area contributed by atoms with E-state index in [1.54, 1.807) is 0 Å². The summed E-state index contributed by atoms with van der Waals surface area (Å²) in [6.45, 7) is 2.27. The molecule has 0 heterocycles. The van der Waals surface area contributed by atoms with E-state index in [0.29, 0.717) is 0 Å². The average molecular weight is 162 g/mol. The highest BCUT2D eigenvalue weighted by Gasteiger charge is 1.86. The van der Waals surface area contributed by atoms with Crippen LogP contribution < -0.4 is 10.6 Å². The standard InChI is InChI=1S/C7H18N2S/c1-8-4-3-6-10-7-5-9-2/h8-9H,3-7H2,1-2H3. The first-order valence-corrected chi connectivity index (χ1v) is 4.94. The van der Waals surface area contributed by atoms with E-state index >= 15 is 0 Å². The summed E-state index contributed by atoms with van der Waals surface area (Å²) in [4.78, 5) is 0. The molecule has 2 N–H and O–H groups in total. The molecule has 0 rings (SSSR count). The molecule has 0 fully saturated rings. The number of hydrogen-bond acceptors (Lipinski definition) is 3. The van der Waals surface area contributed by atoms with E-state index in [-0.39, 0.29) is 0 Å². The summed E-state index contributed by atoms with van der Waals surface area (Å²) in [5.74, 6) is 2.52. The van der Waals surface area contributed by atoms with Crippen molar-refractivity contribution in [3.8, 4) is 0 Å². The van der Waals surface area contributed by atoms with Crippen LogP contribution in [0.2, 0.25) is 0 Å². The fourth-order valence-corrected chi connectivity index (χ4v) is 1.53. The topological polar surface area (TPSA) is 24.1 Å². The molecule has 0 radical (unpaired) electrons. The number of thioether (sulfide) groups is 1. The molecule has 0 atom stereocenters. The summed E-state index contributed by atoms with van der Waals surface area (Å²) >= 11 is 2.02. The van der Waals surface area contributed by atoms with Crippen LogP contribution >= 0.6 is 11.8 Å². The Balaban J connectivity index is 2.65. The van der Waals surface area contributed by atoms with Gasteiger partial charge in [-0.05, 0) is 32.8 Å². The molecule has 10 heavy (non-hydrogen) atoms. The predicted octanol–water partition coefficient (Wildman–Crippen LogP) is 0.548. The minimum absolute atomic E-state index is 1.13. The Kier molecular flexibility index (Phi) is 9.52. The molecular weight excluding hydrogens is 144 g/mol. The van der Waals surface area contributed by atoms with E-state index in [0.717, 1.165) is 13.1 Å². The third kappa shape index (κ3) is 8.27. The lowest BCUT2D eigenvalue weighted by Gasteiger charge is -1.99. The molecule has 2 nitrogen and oxygen atoms in total. The van der Waals surface area contributed by atoms with E-state index in [1.165, 1.54) is 17.9 Å². The molecular formula is C7H18N2S. The highest BCUT2D eigenvalue weighted by molar-refractivity contribution is 7.99. The fourth-order valence-electron chi connectivity index (χ4n) is 0.627. The van der Waals surface area contributed by atoms with Gasteiger partial charge in [0, 0.05) is 12.3 Å². The SMILES string of the molecule is CNCCCSCCNC. The Labute approximate surface area is 68.2 Å². The van der Waals surface area contributed by atoms with Gasteiger partial charge in [0.1, 0.15) is 0 Å². The molecule has 0 amide bonds. The van der Waals surface area contributed by atoms with Crippen molar-refractivity contribution in [1.82, 2.24) is 10.6 Å². The molecule has 0 bridgehead atoms. The van der Waals surface area contributed by atoms with Gasteiger partial charge in [-0.1, -0.05) is 0 Å². The first-order valence-electron chi connectivity index (χ1n) is 3.78. The first kappa shape index (κ1) is 10.3. The van der Waals surface area contributed by atoms with Gasteiger partial charge in [0.05, 0.1) is 0 Å². The molecule has 0 saturated carbocycles. The van der Waals surface area contributed by atoms with Crippen molar-refractivity contribution < 1.29 is 0 Å². The Hall–Kier alpha value is 0.270. The maximum Gasteiger partial charge on any atom is 0.00579 e. The fraction of sp³-hybridized carbons (Fsp3) is 1.00. The molecule has 0 saturated heterocycles. The van der Waals surface area contributed by atoms with E-state index in [2.05, 4.69) is 10.6 Å². The number of nitrogens with one attached hydrogen (secondary N) is 2. The third-order valence-corrected chi connectivity index (χ3v) is 2.28. The van der Waals surface area contributed by atoms with Gasteiger partial charge < -0.3 is 10.6 Å². The van der Waals surface area contributed by atoms with Gasteiger partial charge >= 0.3 is 0 Å². The lowest BCUT2D eigenvalue weighted by Crippen LogP contribution is -2.11. The molecule has 0 aliphatic rings. The summed E-state index contributed by atoms with van der Waals surface area (Å²) < 4.78 is 0. The van der Waals surface area contributed by atoms with Gasteiger partial charge in [0.15, 0.2) is 0 Å². The molecule has 0 spiro atoms. The quantitative estimate of drug-likeness (QED) is 0.535. The lowest BCUT2D eigenvalue weighted by atomic mass is 10.5. The van der Waals surface area contributed by atoms with Crippen molar-refractivity contribution in [3.63, 3.8) is 0 Å². The van der Waals surface area contributed by atoms with Gasteiger partial charge in [-0.3, -0.25) is 0 Å². The zero-order valence-electron chi connectivity index (χ0n) is 6.94. The molecule has 0 aliphatic heterocycles. The summed E-state index contributed by atoms with van der Waals surface area (Å²) in [5, 5.41) is 6.25. The van der Waals surface area contributed by atoms with Gasteiger partial charge in [0.25, 0.3) is 0 Å².